The van der Waals surface area contributed by atoms with Crippen molar-refractivity contribution in [3.05, 3.63) is 71.3 Å². The number of aromatic nitrogens is 2. The number of thioether (sulfide) groups is 1. The Morgan fingerprint density at radius 2 is 1.77 bits per heavy atom. The number of carbonyl (C=O) groups excluding carboxylic acids is 1. The molecule has 1 amide bonds. The molecule has 2 heterocycles. The van der Waals surface area contributed by atoms with E-state index in [9.17, 15) is 13.2 Å². The van der Waals surface area contributed by atoms with Gasteiger partial charge in [-0.25, -0.2) is 17.4 Å². The molecule has 4 rings (SSSR count). The van der Waals surface area contributed by atoms with E-state index in [0.29, 0.717) is 14.9 Å². The van der Waals surface area contributed by atoms with Crippen LogP contribution in [0.2, 0.25) is 0 Å². The van der Waals surface area contributed by atoms with Gasteiger partial charge in [-0.05, 0) is 43.7 Å². The lowest BCUT2D eigenvalue weighted by Gasteiger charge is -2.21. The lowest BCUT2D eigenvalue weighted by molar-refractivity contribution is -0.123. The molecule has 0 radical (unpaired) electrons. The number of rotatable bonds is 7. The molecule has 35 heavy (non-hydrogen) atoms. The van der Waals surface area contributed by atoms with Gasteiger partial charge in [-0.15, -0.1) is 0 Å². The second-order valence-corrected chi connectivity index (χ2v) is 12.2. The first-order valence-electron chi connectivity index (χ1n) is 11.1. The van der Waals surface area contributed by atoms with Gasteiger partial charge in [0.25, 0.3) is 5.91 Å². The van der Waals surface area contributed by atoms with E-state index >= 15 is 0 Å². The minimum Gasteiger partial charge on any atom is -0.290 e. The number of hydrogen-bond acceptors (Lipinski definition) is 6. The van der Waals surface area contributed by atoms with Crippen molar-refractivity contribution in [2.75, 3.05) is 14.1 Å². The number of benzene rings is 2. The molecule has 0 unspecified atom stereocenters. The van der Waals surface area contributed by atoms with Gasteiger partial charge in [0, 0.05) is 37.5 Å². The van der Waals surface area contributed by atoms with Gasteiger partial charge in [-0.3, -0.25) is 9.69 Å². The van der Waals surface area contributed by atoms with Crippen LogP contribution in [0.4, 0.5) is 0 Å². The van der Waals surface area contributed by atoms with E-state index < -0.39 is 10.0 Å². The third-order valence-electron chi connectivity index (χ3n) is 5.81. The number of para-hydroxylation sites is 1. The Labute approximate surface area is 215 Å². The van der Waals surface area contributed by atoms with E-state index in [1.54, 1.807) is 33.8 Å². The molecule has 0 saturated carbocycles. The summed E-state index contributed by atoms with van der Waals surface area (Å²) < 4.78 is 28.4. The molecule has 10 heteroatoms. The van der Waals surface area contributed by atoms with E-state index in [0.717, 1.165) is 23.2 Å². The Morgan fingerprint density at radius 3 is 2.37 bits per heavy atom. The van der Waals surface area contributed by atoms with Gasteiger partial charge >= 0.3 is 0 Å². The Bertz CT molecular complexity index is 1400. The van der Waals surface area contributed by atoms with Gasteiger partial charge in [0.1, 0.15) is 4.32 Å². The molecule has 1 aliphatic heterocycles. The average molecular weight is 527 g/mol. The Morgan fingerprint density at radius 1 is 1.11 bits per heavy atom. The maximum absolute atomic E-state index is 13.1. The molecular weight excluding hydrogens is 501 g/mol. The van der Waals surface area contributed by atoms with Crippen LogP contribution in [0.25, 0.3) is 23.0 Å². The van der Waals surface area contributed by atoms with Crippen molar-refractivity contribution in [1.82, 2.24) is 19.0 Å². The highest BCUT2D eigenvalue weighted by Gasteiger charge is 2.35. The summed E-state index contributed by atoms with van der Waals surface area (Å²) in [6, 6.07) is 16.3. The Hall–Kier alpha value is -2.79. The quantitative estimate of drug-likeness (QED) is 0.326. The molecule has 0 aliphatic carbocycles. The summed E-state index contributed by atoms with van der Waals surface area (Å²) in [6.07, 6.45) is 4.48. The fraction of sp³-hybridized carbons (Fsp3) is 0.240. The number of hydrogen-bond donors (Lipinski definition) is 0. The van der Waals surface area contributed by atoms with E-state index in [1.807, 2.05) is 56.5 Å². The molecule has 7 nitrogen and oxygen atoms in total. The second kappa shape index (κ2) is 10.1. The van der Waals surface area contributed by atoms with Gasteiger partial charge in [-0.1, -0.05) is 61.2 Å². The number of thiocarbonyl (C=S) groups is 1. The highest BCUT2D eigenvalue weighted by Crippen LogP contribution is 2.36. The summed E-state index contributed by atoms with van der Waals surface area (Å²) in [7, 11) is -0.548. The molecule has 1 atom stereocenters. The number of nitrogens with zero attached hydrogens (tertiary/aromatic N) is 4. The summed E-state index contributed by atoms with van der Waals surface area (Å²) in [5.74, 6) is -0.111. The molecule has 182 valence electrons. The van der Waals surface area contributed by atoms with Gasteiger partial charge in [0.15, 0.2) is 0 Å². The van der Waals surface area contributed by atoms with Crippen molar-refractivity contribution < 1.29 is 13.2 Å². The van der Waals surface area contributed by atoms with Crippen LogP contribution in [0.3, 0.4) is 0 Å². The van der Waals surface area contributed by atoms with Crippen molar-refractivity contribution in [3.63, 3.8) is 0 Å². The van der Waals surface area contributed by atoms with E-state index in [2.05, 4.69) is 0 Å². The number of sulfonamides is 1. The maximum atomic E-state index is 13.1. The van der Waals surface area contributed by atoms with Gasteiger partial charge in [-0.2, -0.15) is 5.10 Å². The third-order valence-corrected chi connectivity index (χ3v) is 8.97. The fourth-order valence-electron chi connectivity index (χ4n) is 3.61. The predicted molar refractivity (Wildman–Crippen MR) is 145 cm³/mol. The Balaban J connectivity index is 1.80. The summed E-state index contributed by atoms with van der Waals surface area (Å²) >= 11 is 6.76. The van der Waals surface area contributed by atoms with E-state index in [4.69, 9.17) is 17.3 Å². The molecule has 2 aromatic carbocycles. The monoisotopic (exact) mass is 526 g/mol. The van der Waals surface area contributed by atoms with Gasteiger partial charge in [0.2, 0.25) is 10.0 Å². The lowest BCUT2D eigenvalue weighted by Crippen LogP contribution is -2.36. The normalized spacial score (nSPS) is 16.5. The van der Waals surface area contributed by atoms with E-state index in [-0.39, 0.29) is 16.8 Å². The first-order valence-corrected chi connectivity index (χ1v) is 13.7. The van der Waals surface area contributed by atoms with Crippen molar-refractivity contribution in [3.8, 4) is 16.9 Å². The smallest absolute Gasteiger partial charge is 0.266 e. The minimum absolute atomic E-state index is 0.0195. The highest BCUT2D eigenvalue weighted by molar-refractivity contribution is 8.26. The van der Waals surface area contributed by atoms with Crippen LogP contribution in [0.5, 0.6) is 0 Å². The molecule has 3 aromatic rings. The average Bonchev–Trinajstić information content (AvgIpc) is 3.39. The first-order chi connectivity index (χ1) is 16.6. The molecule has 0 N–H and O–H groups in total. The molecular formula is C25H26N4O3S3. The summed E-state index contributed by atoms with van der Waals surface area (Å²) in [4.78, 5) is 15.5. The largest absolute Gasteiger partial charge is 0.290 e. The maximum Gasteiger partial charge on any atom is 0.266 e. The second-order valence-electron chi connectivity index (χ2n) is 8.33. The molecule has 1 aromatic heterocycles. The van der Waals surface area contributed by atoms with Crippen LogP contribution in [-0.2, 0) is 14.8 Å². The van der Waals surface area contributed by atoms with Crippen molar-refractivity contribution in [1.29, 1.82) is 0 Å². The summed E-state index contributed by atoms with van der Waals surface area (Å²) in [5, 5.41) is 4.78. The minimum atomic E-state index is -3.54. The van der Waals surface area contributed by atoms with Crippen molar-refractivity contribution in [2.45, 2.75) is 31.2 Å². The molecule has 1 aliphatic rings. The van der Waals surface area contributed by atoms with E-state index in [1.165, 1.54) is 30.2 Å². The predicted octanol–water partition coefficient (Wildman–Crippen LogP) is 4.79. The highest BCUT2D eigenvalue weighted by atomic mass is 32.2. The first kappa shape index (κ1) is 25.3. The number of amides is 1. The molecule has 0 spiro atoms. The van der Waals surface area contributed by atoms with Crippen LogP contribution in [0.15, 0.2) is 70.6 Å². The summed E-state index contributed by atoms with van der Waals surface area (Å²) in [6.45, 7) is 4.00. The zero-order valence-electron chi connectivity index (χ0n) is 19.9. The Kier molecular flexibility index (Phi) is 7.27. The van der Waals surface area contributed by atoms with Gasteiger partial charge in [0.05, 0.1) is 21.2 Å². The SMILES string of the molecule is CC[C@@H](C)N1C(=O)/C(=C/c2cn(-c3ccccc3)nc2-c2ccc(S(=O)(=O)N(C)C)cc2)SC1=S. The standard InChI is InChI=1S/C25H26N4O3S3/c1-5-17(2)29-24(30)22(34-25(29)33)15-19-16-28(20-9-7-6-8-10-20)26-23(19)18-11-13-21(14-12-18)35(31,32)27(3)4/h6-17H,5H2,1-4H3/b22-15-/t17-/m1/s1. The van der Waals surface area contributed by atoms with Crippen LogP contribution in [0.1, 0.15) is 25.8 Å². The molecule has 1 fully saturated rings. The summed E-state index contributed by atoms with van der Waals surface area (Å²) in [5.41, 5.74) is 2.98. The zero-order chi connectivity index (χ0) is 25.3. The topological polar surface area (TPSA) is 75.5 Å². The van der Waals surface area contributed by atoms with Crippen molar-refractivity contribution in [2.24, 2.45) is 0 Å². The number of carbonyl (C=O) groups is 1. The van der Waals surface area contributed by atoms with Crippen LogP contribution in [-0.4, -0.2) is 57.8 Å². The third kappa shape index (κ3) is 4.97. The molecule has 0 bridgehead atoms. The van der Waals surface area contributed by atoms with Crippen LogP contribution >= 0.6 is 24.0 Å². The zero-order valence-corrected chi connectivity index (χ0v) is 22.3. The fourth-order valence-corrected chi connectivity index (χ4v) is 5.96. The van der Waals surface area contributed by atoms with Crippen LogP contribution < -0.4 is 0 Å². The van der Waals surface area contributed by atoms with Crippen molar-refractivity contribution >= 4 is 50.3 Å². The lowest BCUT2D eigenvalue weighted by atomic mass is 10.1. The molecule has 1 saturated heterocycles. The van der Waals surface area contributed by atoms with Gasteiger partial charge < -0.3 is 0 Å². The van der Waals surface area contributed by atoms with Crippen LogP contribution in [0, 0.1) is 0 Å².